The number of likely N-dealkylation sites (tertiary alicyclic amines) is 1. The maximum atomic E-state index is 12.1. The highest BCUT2D eigenvalue weighted by atomic mass is 16.5. The molecule has 8 heteroatoms. The fraction of sp³-hybridized carbons (Fsp3) is 0.316. The van der Waals surface area contributed by atoms with Crippen LogP contribution in [-0.2, 0) is 11.3 Å². The first-order valence-electron chi connectivity index (χ1n) is 8.82. The Bertz CT molecular complexity index is 903. The summed E-state index contributed by atoms with van der Waals surface area (Å²) in [6, 6.07) is 8.14. The minimum absolute atomic E-state index is 0.0137. The summed E-state index contributed by atoms with van der Waals surface area (Å²) in [6.07, 6.45) is 4.78. The third kappa shape index (κ3) is 4.17. The van der Waals surface area contributed by atoms with Gasteiger partial charge in [0.1, 0.15) is 5.69 Å². The molecule has 0 saturated carbocycles. The van der Waals surface area contributed by atoms with Gasteiger partial charge in [-0.05, 0) is 12.5 Å². The van der Waals surface area contributed by atoms with Crippen molar-refractivity contribution in [1.82, 2.24) is 30.3 Å². The summed E-state index contributed by atoms with van der Waals surface area (Å²) in [5.41, 5.74) is 2.89. The fourth-order valence-electron chi connectivity index (χ4n) is 2.94. The fourth-order valence-corrected chi connectivity index (χ4v) is 2.94. The average molecular weight is 364 g/mol. The van der Waals surface area contributed by atoms with E-state index in [0.29, 0.717) is 30.5 Å². The van der Waals surface area contributed by atoms with E-state index in [9.17, 15) is 4.79 Å². The third-order valence-electron chi connectivity index (χ3n) is 4.52. The van der Waals surface area contributed by atoms with Crippen LogP contribution < -0.4 is 5.32 Å². The van der Waals surface area contributed by atoms with Gasteiger partial charge in [0.25, 0.3) is 0 Å². The number of hydrogen-bond donors (Lipinski definition) is 1. The summed E-state index contributed by atoms with van der Waals surface area (Å²) >= 11 is 0. The monoisotopic (exact) mass is 364 g/mol. The van der Waals surface area contributed by atoms with Crippen LogP contribution in [-0.4, -0.2) is 50.5 Å². The molecule has 0 bridgehead atoms. The minimum atomic E-state index is 0.0137. The molecule has 0 atom stereocenters. The van der Waals surface area contributed by atoms with Crippen molar-refractivity contribution in [3.63, 3.8) is 0 Å². The standard InChI is InChI=1S/C19H20N6O2/c1-13-2-4-14(5-3-13)8-22-17(26)12-25-10-15(11-25)19-23-18(24-27-19)16-9-20-6-7-21-16/h2-7,9,15H,8,10-12H2,1H3,(H,22,26). The summed E-state index contributed by atoms with van der Waals surface area (Å²) in [5.74, 6) is 1.17. The van der Waals surface area contributed by atoms with E-state index in [4.69, 9.17) is 4.52 Å². The maximum Gasteiger partial charge on any atom is 0.234 e. The van der Waals surface area contributed by atoms with Crippen molar-refractivity contribution in [2.75, 3.05) is 19.6 Å². The molecule has 0 unspecified atom stereocenters. The van der Waals surface area contributed by atoms with Crippen LogP contribution in [0.5, 0.6) is 0 Å². The molecule has 1 aliphatic rings. The number of benzene rings is 1. The highest BCUT2D eigenvalue weighted by Gasteiger charge is 2.33. The number of carbonyl (C=O) groups excluding carboxylic acids is 1. The molecule has 2 aromatic heterocycles. The van der Waals surface area contributed by atoms with Crippen molar-refractivity contribution in [3.05, 3.63) is 59.9 Å². The lowest BCUT2D eigenvalue weighted by atomic mass is 10.0. The summed E-state index contributed by atoms with van der Waals surface area (Å²) < 4.78 is 5.34. The Morgan fingerprint density at radius 3 is 2.81 bits per heavy atom. The normalized spacial score (nSPS) is 14.7. The van der Waals surface area contributed by atoms with Gasteiger partial charge >= 0.3 is 0 Å². The van der Waals surface area contributed by atoms with Gasteiger partial charge < -0.3 is 9.84 Å². The summed E-state index contributed by atoms with van der Waals surface area (Å²) in [6.45, 7) is 4.40. The van der Waals surface area contributed by atoms with Crippen LogP contribution in [0, 0.1) is 6.92 Å². The molecule has 1 saturated heterocycles. The second-order valence-electron chi connectivity index (χ2n) is 6.70. The molecule has 4 rings (SSSR count). The third-order valence-corrected chi connectivity index (χ3v) is 4.52. The number of nitrogens with one attached hydrogen (secondary N) is 1. The van der Waals surface area contributed by atoms with E-state index in [-0.39, 0.29) is 11.8 Å². The predicted molar refractivity (Wildman–Crippen MR) is 97.5 cm³/mol. The number of hydrogen-bond acceptors (Lipinski definition) is 7. The maximum absolute atomic E-state index is 12.1. The molecular formula is C19H20N6O2. The Morgan fingerprint density at radius 1 is 1.26 bits per heavy atom. The highest BCUT2D eigenvalue weighted by Crippen LogP contribution is 2.26. The van der Waals surface area contributed by atoms with Gasteiger partial charge in [0.05, 0.1) is 18.7 Å². The first-order valence-corrected chi connectivity index (χ1v) is 8.82. The quantitative estimate of drug-likeness (QED) is 0.709. The Labute approximate surface area is 156 Å². The van der Waals surface area contributed by atoms with Crippen LogP contribution in [0.15, 0.2) is 47.4 Å². The zero-order valence-electron chi connectivity index (χ0n) is 15.0. The Morgan fingerprint density at radius 2 is 2.07 bits per heavy atom. The number of aromatic nitrogens is 4. The van der Waals surface area contributed by atoms with Crippen molar-refractivity contribution in [1.29, 1.82) is 0 Å². The number of aryl methyl sites for hydroxylation is 1. The van der Waals surface area contributed by atoms with E-state index in [2.05, 4.69) is 30.3 Å². The van der Waals surface area contributed by atoms with Gasteiger partial charge in [0.15, 0.2) is 0 Å². The highest BCUT2D eigenvalue weighted by molar-refractivity contribution is 5.78. The van der Waals surface area contributed by atoms with E-state index in [1.807, 2.05) is 31.2 Å². The smallest absolute Gasteiger partial charge is 0.234 e. The van der Waals surface area contributed by atoms with Gasteiger partial charge in [-0.3, -0.25) is 14.7 Å². The molecule has 8 nitrogen and oxygen atoms in total. The Balaban J connectivity index is 1.23. The SMILES string of the molecule is Cc1ccc(CNC(=O)CN2CC(c3nc(-c4cnccn4)no3)C2)cc1. The minimum Gasteiger partial charge on any atom is -0.351 e. The number of amides is 1. The zero-order valence-corrected chi connectivity index (χ0v) is 15.0. The summed E-state index contributed by atoms with van der Waals surface area (Å²) in [5, 5.41) is 6.91. The van der Waals surface area contributed by atoms with Crippen molar-refractivity contribution in [2.24, 2.45) is 0 Å². The van der Waals surface area contributed by atoms with Crippen LogP contribution >= 0.6 is 0 Å². The largest absolute Gasteiger partial charge is 0.351 e. The molecule has 1 aromatic carbocycles. The second-order valence-corrected chi connectivity index (χ2v) is 6.70. The molecule has 1 N–H and O–H groups in total. The molecule has 3 aromatic rings. The van der Waals surface area contributed by atoms with E-state index in [1.165, 1.54) is 5.56 Å². The molecule has 27 heavy (non-hydrogen) atoms. The molecule has 1 fully saturated rings. The van der Waals surface area contributed by atoms with Crippen molar-refractivity contribution in [3.8, 4) is 11.5 Å². The van der Waals surface area contributed by atoms with E-state index in [0.717, 1.165) is 18.7 Å². The molecule has 0 aliphatic carbocycles. The Kier molecular flexibility index (Phi) is 4.88. The van der Waals surface area contributed by atoms with E-state index < -0.39 is 0 Å². The van der Waals surface area contributed by atoms with Gasteiger partial charge in [0.2, 0.25) is 17.6 Å². The van der Waals surface area contributed by atoms with Gasteiger partial charge in [0, 0.05) is 32.0 Å². The van der Waals surface area contributed by atoms with Crippen LogP contribution in [0.3, 0.4) is 0 Å². The molecule has 3 heterocycles. The lowest BCUT2D eigenvalue weighted by molar-refractivity contribution is -0.123. The molecule has 0 spiro atoms. The molecule has 1 amide bonds. The van der Waals surface area contributed by atoms with E-state index in [1.54, 1.807) is 18.6 Å². The lowest BCUT2D eigenvalue weighted by Crippen LogP contribution is -2.49. The van der Waals surface area contributed by atoms with Crippen molar-refractivity contribution >= 4 is 5.91 Å². The molecular weight excluding hydrogens is 344 g/mol. The van der Waals surface area contributed by atoms with Gasteiger partial charge in [-0.15, -0.1) is 0 Å². The van der Waals surface area contributed by atoms with Crippen LogP contribution in [0.4, 0.5) is 0 Å². The van der Waals surface area contributed by atoms with E-state index >= 15 is 0 Å². The van der Waals surface area contributed by atoms with Gasteiger partial charge in [-0.2, -0.15) is 4.98 Å². The number of carbonyl (C=O) groups is 1. The topological polar surface area (TPSA) is 97.0 Å². The van der Waals surface area contributed by atoms with Crippen LogP contribution in [0.25, 0.3) is 11.5 Å². The van der Waals surface area contributed by atoms with Crippen LogP contribution in [0.1, 0.15) is 22.9 Å². The Hall–Kier alpha value is -3.13. The van der Waals surface area contributed by atoms with Crippen LogP contribution in [0.2, 0.25) is 0 Å². The molecule has 1 aliphatic heterocycles. The summed E-state index contributed by atoms with van der Waals surface area (Å²) in [7, 11) is 0. The lowest BCUT2D eigenvalue weighted by Gasteiger charge is -2.36. The van der Waals surface area contributed by atoms with Gasteiger partial charge in [-0.1, -0.05) is 35.0 Å². The molecule has 0 radical (unpaired) electrons. The predicted octanol–water partition coefficient (Wildman–Crippen LogP) is 1.55. The average Bonchev–Trinajstić information content (AvgIpc) is 3.14. The molecule has 138 valence electrons. The number of rotatable bonds is 6. The second kappa shape index (κ2) is 7.63. The first kappa shape index (κ1) is 17.3. The van der Waals surface area contributed by atoms with Gasteiger partial charge in [-0.25, -0.2) is 4.98 Å². The van der Waals surface area contributed by atoms with Crippen molar-refractivity contribution < 1.29 is 9.32 Å². The number of nitrogens with zero attached hydrogens (tertiary/aromatic N) is 5. The first-order chi connectivity index (χ1) is 13.2. The zero-order chi connectivity index (χ0) is 18.6. The summed E-state index contributed by atoms with van der Waals surface area (Å²) in [4.78, 5) is 26.7. The van der Waals surface area contributed by atoms with Crippen molar-refractivity contribution in [2.45, 2.75) is 19.4 Å².